The van der Waals surface area contributed by atoms with Crippen molar-refractivity contribution in [1.82, 2.24) is 0 Å². The molecule has 0 spiro atoms. The molecule has 2 heterocycles. The molecule has 0 amide bonds. The average Bonchev–Trinajstić information content (AvgIpc) is 2.87. The van der Waals surface area contributed by atoms with E-state index in [1.165, 1.54) is 13.8 Å². The van der Waals surface area contributed by atoms with Crippen LogP contribution in [0.25, 0.3) is 0 Å². The number of aliphatic carboxylic acids is 1. The maximum atomic E-state index is 12.6. The second kappa shape index (κ2) is 5.17. The van der Waals surface area contributed by atoms with Crippen molar-refractivity contribution in [2.24, 2.45) is 0 Å². The molecule has 5 atom stereocenters. The molecule has 3 N–H and O–H groups in total. The fraction of sp³-hybridized carbons (Fsp3) is 0.909. The highest BCUT2D eigenvalue weighted by molar-refractivity contribution is 5.76. The van der Waals surface area contributed by atoms with Crippen LogP contribution in [0.5, 0.6) is 0 Å². The first-order chi connectivity index (χ1) is 9.23. The van der Waals surface area contributed by atoms with E-state index in [0.29, 0.717) is 0 Å². The summed E-state index contributed by atoms with van der Waals surface area (Å²) in [6.45, 7) is 1.31. The van der Waals surface area contributed by atoms with Crippen LogP contribution in [0.1, 0.15) is 13.8 Å². The number of halogens is 1. The molecule has 116 valence electrons. The van der Waals surface area contributed by atoms with Crippen molar-refractivity contribution in [3.05, 3.63) is 0 Å². The lowest BCUT2D eigenvalue weighted by Crippen LogP contribution is -2.55. The van der Waals surface area contributed by atoms with Gasteiger partial charge in [0.2, 0.25) is 0 Å². The molecule has 2 saturated heterocycles. The molecular formula is C11H17FO8. The topological polar surface area (TPSA) is 115 Å². The summed E-state index contributed by atoms with van der Waals surface area (Å²) in [5.74, 6) is -5.72. The molecule has 0 aromatic rings. The largest absolute Gasteiger partial charge is 0.477 e. The third-order valence-corrected chi connectivity index (χ3v) is 3.11. The van der Waals surface area contributed by atoms with E-state index < -0.39 is 55.4 Å². The molecule has 2 aliphatic heterocycles. The number of carboxylic acids is 1. The molecule has 9 heteroatoms. The molecule has 0 bridgehead atoms. The van der Waals surface area contributed by atoms with Gasteiger partial charge >= 0.3 is 5.97 Å². The summed E-state index contributed by atoms with van der Waals surface area (Å²) in [7, 11) is 0. The first-order valence-electron chi connectivity index (χ1n) is 6.05. The number of alkyl halides is 1. The Morgan fingerprint density at radius 2 is 2.00 bits per heavy atom. The lowest BCUT2D eigenvalue weighted by atomic mass is 10.0. The van der Waals surface area contributed by atoms with E-state index >= 15 is 0 Å². The van der Waals surface area contributed by atoms with Crippen molar-refractivity contribution in [3.63, 3.8) is 0 Å². The number of ether oxygens (including phenoxy) is 4. The van der Waals surface area contributed by atoms with Crippen LogP contribution < -0.4 is 0 Å². The molecule has 0 radical (unpaired) electrons. The van der Waals surface area contributed by atoms with E-state index in [0.717, 1.165) is 0 Å². The number of aliphatic hydroxyl groups excluding tert-OH is 1. The second-order valence-electron chi connectivity index (χ2n) is 5.08. The molecule has 0 saturated carbocycles. The number of carboxylic acid groups (broad SMARTS) is 1. The Kier molecular flexibility index (Phi) is 4.02. The normalized spacial score (nSPS) is 43.9. The third-order valence-electron chi connectivity index (χ3n) is 3.11. The Morgan fingerprint density at radius 1 is 1.35 bits per heavy atom. The van der Waals surface area contributed by atoms with Crippen molar-refractivity contribution in [3.8, 4) is 0 Å². The first kappa shape index (κ1) is 15.5. The van der Waals surface area contributed by atoms with Gasteiger partial charge in [0.05, 0.1) is 6.61 Å². The van der Waals surface area contributed by atoms with Crippen LogP contribution in [0.4, 0.5) is 4.39 Å². The van der Waals surface area contributed by atoms with Gasteiger partial charge in [-0.25, -0.2) is 9.18 Å². The van der Waals surface area contributed by atoms with Crippen molar-refractivity contribution in [2.75, 3.05) is 13.3 Å². The summed E-state index contributed by atoms with van der Waals surface area (Å²) in [6.07, 6.45) is -4.92. The minimum atomic E-state index is -2.67. The summed E-state index contributed by atoms with van der Waals surface area (Å²) < 4.78 is 33.1. The third kappa shape index (κ3) is 2.52. The van der Waals surface area contributed by atoms with E-state index in [-0.39, 0.29) is 0 Å². The fourth-order valence-electron chi connectivity index (χ4n) is 2.35. The van der Waals surface area contributed by atoms with Crippen molar-refractivity contribution < 1.29 is 43.5 Å². The Morgan fingerprint density at radius 3 is 2.50 bits per heavy atom. The van der Waals surface area contributed by atoms with Crippen LogP contribution >= 0.6 is 0 Å². The molecule has 2 aliphatic rings. The van der Waals surface area contributed by atoms with E-state index in [4.69, 9.17) is 24.1 Å². The molecule has 8 nitrogen and oxygen atoms in total. The Labute approximate surface area is 114 Å². The average molecular weight is 296 g/mol. The van der Waals surface area contributed by atoms with Crippen molar-refractivity contribution in [2.45, 2.75) is 50.0 Å². The molecule has 1 unspecified atom stereocenters. The van der Waals surface area contributed by atoms with E-state index in [2.05, 4.69) is 0 Å². The summed E-state index contributed by atoms with van der Waals surface area (Å²) in [6, 6.07) is 0. The van der Waals surface area contributed by atoms with Gasteiger partial charge in [-0.05, 0) is 13.8 Å². The molecule has 2 fully saturated rings. The van der Waals surface area contributed by atoms with Gasteiger partial charge in [0.1, 0.15) is 18.9 Å². The Bertz CT molecular complexity index is 389. The fourth-order valence-corrected chi connectivity index (χ4v) is 2.35. The molecule has 20 heavy (non-hydrogen) atoms. The molecular weight excluding hydrogens is 279 g/mol. The molecule has 0 aliphatic carbocycles. The minimum Gasteiger partial charge on any atom is -0.477 e. The van der Waals surface area contributed by atoms with Gasteiger partial charge in [-0.3, -0.25) is 0 Å². The first-order valence-corrected chi connectivity index (χ1v) is 6.05. The standard InChI is InChI=1S/C11H17FO8/c1-10(2)19-8(11(16,20-10)9(14)15)7-5(4-13)17-6(3-12)18-7/h5-8,13,16H,3-4H2,1-2H3,(H,14,15)/t5-,6?,7-,8+,11-/m1/s1. The van der Waals surface area contributed by atoms with Crippen LogP contribution in [0.15, 0.2) is 0 Å². The predicted octanol–water partition coefficient (Wildman–Crippen LogP) is -1.02. The lowest BCUT2D eigenvalue weighted by molar-refractivity contribution is -0.242. The van der Waals surface area contributed by atoms with Crippen LogP contribution in [-0.2, 0) is 23.7 Å². The monoisotopic (exact) mass is 296 g/mol. The molecule has 2 rings (SSSR count). The van der Waals surface area contributed by atoms with Gasteiger partial charge in [0.25, 0.3) is 5.79 Å². The van der Waals surface area contributed by atoms with E-state index in [1.807, 2.05) is 0 Å². The van der Waals surface area contributed by atoms with Gasteiger partial charge in [-0.1, -0.05) is 0 Å². The highest BCUT2D eigenvalue weighted by atomic mass is 19.1. The van der Waals surface area contributed by atoms with Gasteiger partial charge < -0.3 is 34.3 Å². The number of carbonyl (C=O) groups is 1. The van der Waals surface area contributed by atoms with Gasteiger partial charge in [-0.15, -0.1) is 0 Å². The Hall–Kier alpha value is -0.840. The highest BCUT2D eigenvalue weighted by Gasteiger charge is 2.63. The Balaban J connectivity index is 2.27. The number of rotatable bonds is 4. The smallest absolute Gasteiger partial charge is 0.367 e. The van der Waals surface area contributed by atoms with Gasteiger partial charge in [-0.2, -0.15) is 0 Å². The number of aliphatic hydroxyl groups is 2. The van der Waals surface area contributed by atoms with Crippen LogP contribution in [0.2, 0.25) is 0 Å². The van der Waals surface area contributed by atoms with Crippen LogP contribution in [0, 0.1) is 0 Å². The number of hydrogen-bond acceptors (Lipinski definition) is 7. The zero-order valence-corrected chi connectivity index (χ0v) is 11.0. The van der Waals surface area contributed by atoms with Gasteiger partial charge in [0, 0.05) is 0 Å². The predicted molar refractivity (Wildman–Crippen MR) is 59.2 cm³/mol. The summed E-state index contributed by atoms with van der Waals surface area (Å²) in [5.41, 5.74) is 0. The minimum absolute atomic E-state index is 0.544. The number of hydrogen-bond donors (Lipinski definition) is 3. The molecule has 0 aromatic carbocycles. The van der Waals surface area contributed by atoms with E-state index in [9.17, 15) is 19.4 Å². The van der Waals surface area contributed by atoms with Crippen LogP contribution in [0.3, 0.4) is 0 Å². The zero-order valence-electron chi connectivity index (χ0n) is 11.0. The maximum Gasteiger partial charge on any atom is 0.367 e. The zero-order chi connectivity index (χ0) is 15.1. The second-order valence-corrected chi connectivity index (χ2v) is 5.08. The van der Waals surface area contributed by atoms with Crippen molar-refractivity contribution in [1.29, 1.82) is 0 Å². The molecule has 0 aromatic heterocycles. The lowest BCUT2D eigenvalue weighted by Gasteiger charge is -2.27. The van der Waals surface area contributed by atoms with Gasteiger partial charge in [0.15, 0.2) is 18.2 Å². The van der Waals surface area contributed by atoms with Crippen LogP contribution in [-0.4, -0.2) is 70.7 Å². The maximum absolute atomic E-state index is 12.6. The van der Waals surface area contributed by atoms with Crippen molar-refractivity contribution >= 4 is 5.97 Å². The highest BCUT2D eigenvalue weighted by Crippen LogP contribution is 2.40. The summed E-state index contributed by atoms with van der Waals surface area (Å²) in [5, 5.41) is 28.5. The quantitative estimate of drug-likeness (QED) is 0.604. The summed E-state index contributed by atoms with van der Waals surface area (Å²) in [4.78, 5) is 11.2. The SMILES string of the molecule is CC1(C)O[C@@H]([C@@H]2OC(CF)O[C@@H]2CO)[C@](O)(C(=O)O)O1. The summed E-state index contributed by atoms with van der Waals surface area (Å²) >= 11 is 0. The van der Waals surface area contributed by atoms with E-state index in [1.54, 1.807) is 0 Å².